The minimum absolute atomic E-state index is 0.204. The van der Waals surface area contributed by atoms with Gasteiger partial charge in [0.1, 0.15) is 0 Å². The number of thiazole rings is 1. The Kier molecular flexibility index (Phi) is 3.92. The van der Waals surface area contributed by atoms with Crippen LogP contribution in [0.1, 0.15) is 21.7 Å². The summed E-state index contributed by atoms with van der Waals surface area (Å²) in [5.74, 6) is 0.398. The monoisotopic (exact) mass is 366 g/mol. The summed E-state index contributed by atoms with van der Waals surface area (Å²) in [5, 5.41) is 0.815. The molecule has 5 nitrogen and oxygen atoms in total. The minimum atomic E-state index is -0.403. The summed E-state index contributed by atoms with van der Waals surface area (Å²) in [6.45, 7) is 4.14. The smallest absolute Gasteiger partial charge is 0.315 e. The van der Waals surface area contributed by atoms with Gasteiger partial charge in [0.2, 0.25) is 0 Å². The molecule has 4 rings (SSSR count). The van der Waals surface area contributed by atoms with Gasteiger partial charge in [-0.15, -0.1) is 0 Å². The summed E-state index contributed by atoms with van der Waals surface area (Å²) in [5.41, 5.74) is 4.00. The number of amides is 1. The highest BCUT2D eigenvalue weighted by Gasteiger charge is 2.15. The number of aryl methyl sites for hydroxylation is 3. The van der Waals surface area contributed by atoms with Crippen molar-refractivity contribution in [1.29, 1.82) is 0 Å². The van der Waals surface area contributed by atoms with Crippen LogP contribution in [0, 0.1) is 13.8 Å². The Labute approximate surface area is 154 Å². The number of carbonyl (C=O) groups excluding carboxylic acids is 1. The van der Waals surface area contributed by atoms with Crippen LogP contribution in [-0.4, -0.2) is 17.6 Å². The number of hydrogen-bond acceptors (Lipinski definition) is 4. The third-order valence-electron chi connectivity index (χ3n) is 4.38. The Bertz CT molecular complexity index is 1230. The van der Waals surface area contributed by atoms with Crippen molar-refractivity contribution in [2.75, 3.05) is 7.11 Å². The number of carbonyl (C=O) groups is 1. The number of methoxy groups -OCH3 is 1. The quantitative estimate of drug-likeness (QED) is 0.530. The first-order valence-electron chi connectivity index (χ1n) is 8.20. The van der Waals surface area contributed by atoms with Crippen molar-refractivity contribution in [2.24, 2.45) is 12.0 Å². The molecule has 6 heteroatoms. The van der Waals surface area contributed by atoms with Crippen LogP contribution in [0.5, 0.6) is 5.75 Å². The van der Waals surface area contributed by atoms with Crippen LogP contribution in [-0.2, 0) is 7.05 Å². The van der Waals surface area contributed by atoms with E-state index in [1.54, 1.807) is 19.2 Å². The first-order chi connectivity index (χ1) is 12.5. The molecule has 2 aromatic heterocycles. The normalized spacial score (nSPS) is 12.2. The summed E-state index contributed by atoms with van der Waals surface area (Å²) in [4.78, 5) is 17.6. The maximum atomic E-state index is 12.7. The van der Waals surface area contributed by atoms with Crippen LogP contribution < -0.4 is 9.54 Å². The molecule has 0 radical (unpaired) electrons. The van der Waals surface area contributed by atoms with E-state index in [4.69, 9.17) is 9.15 Å². The molecule has 2 heterocycles. The SMILES string of the molecule is COc1cccc2cc(C(=O)N=c3sc4c(C)cc(C)cc4n3C)oc12. The lowest BCUT2D eigenvalue weighted by molar-refractivity contribution is 0.0973. The van der Waals surface area contributed by atoms with Crippen molar-refractivity contribution >= 4 is 38.4 Å². The average molecular weight is 366 g/mol. The molecule has 0 fully saturated rings. The Balaban J connectivity index is 1.84. The molecule has 0 saturated carbocycles. The fraction of sp³-hybridized carbons (Fsp3) is 0.200. The van der Waals surface area contributed by atoms with Crippen LogP contribution in [0.3, 0.4) is 0 Å². The number of rotatable bonds is 2. The standard InChI is InChI=1S/C20H18N2O3S/c1-11-8-12(2)18-14(9-11)22(3)20(26-18)21-19(23)16-10-13-6-5-7-15(24-4)17(13)25-16/h5-10H,1-4H3. The number of ether oxygens (including phenoxy) is 1. The van der Waals surface area contributed by atoms with Crippen molar-refractivity contribution in [3.05, 3.63) is 58.1 Å². The molecule has 0 spiro atoms. The third-order valence-corrected chi connectivity index (χ3v) is 5.66. The molecule has 0 aliphatic heterocycles. The predicted molar refractivity (Wildman–Crippen MR) is 103 cm³/mol. The second kappa shape index (κ2) is 6.14. The zero-order valence-corrected chi connectivity index (χ0v) is 15.8. The van der Waals surface area contributed by atoms with E-state index in [0.717, 1.165) is 15.6 Å². The van der Waals surface area contributed by atoms with Gasteiger partial charge in [-0.1, -0.05) is 29.5 Å². The zero-order chi connectivity index (χ0) is 18.4. The molecule has 4 aromatic rings. The van der Waals surface area contributed by atoms with Gasteiger partial charge in [-0.3, -0.25) is 4.79 Å². The fourth-order valence-corrected chi connectivity index (χ4v) is 4.19. The number of furan rings is 1. The summed E-state index contributed by atoms with van der Waals surface area (Å²) in [6.07, 6.45) is 0. The van der Waals surface area contributed by atoms with E-state index in [2.05, 4.69) is 31.0 Å². The van der Waals surface area contributed by atoms with Crippen LogP contribution in [0.25, 0.3) is 21.2 Å². The molecule has 132 valence electrons. The molecule has 0 atom stereocenters. The molecule has 0 bridgehead atoms. The van der Waals surface area contributed by atoms with Gasteiger partial charge in [-0.25, -0.2) is 0 Å². The molecule has 0 aliphatic carbocycles. The van der Waals surface area contributed by atoms with E-state index in [0.29, 0.717) is 16.1 Å². The van der Waals surface area contributed by atoms with Crippen molar-refractivity contribution in [3.63, 3.8) is 0 Å². The third kappa shape index (κ3) is 2.63. The van der Waals surface area contributed by atoms with Gasteiger partial charge in [0.05, 0.1) is 17.3 Å². The highest BCUT2D eigenvalue weighted by molar-refractivity contribution is 7.16. The van der Waals surface area contributed by atoms with Gasteiger partial charge in [0, 0.05) is 12.4 Å². The lowest BCUT2D eigenvalue weighted by atomic mass is 10.1. The van der Waals surface area contributed by atoms with Crippen LogP contribution in [0.2, 0.25) is 0 Å². The van der Waals surface area contributed by atoms with E-state index < -0.39 is 5.91 Å². The van der Waals surface area contributed by atoms with Gasteiger partial charge in [-0.2, -0.15) is 4.99 Å². The van der Waals surface area contributed by atoms with Crippen molar-refractivity contribution < 1.29 is 13.9 Å². The first-order valence-corrected chi connectivity index (χ1v) is 9.02. The molecule has 0 saturated heterocycles. The number of fused-ring (bicyclic) bond motifs is 2. The molecule has 1 amide bonds. The van der Waals surface area contributed by atoms with Crippen LogP contribution in [0.4, 0.5) is 0 Å². The molecule has 2 aromatic carbocycles. The Morgan fingerprint density at radius 1 is 1.23 bits per heavy atom. The fourth-order valence-electron chi connectivity index (χ4n) is 3.12. The van der Waals surface area contributed by atoms with Crippen molar-refractivity contribution in [3.8, 4) is 5.75 Å². The summed E-state index contributed by atoms with van der Waals surface area (Å²) >= 11 is 1.51. The molecular formula is C20H18N2O3S. The second-order valence-electron chi connectivity index (χ2n) is 6.28. The first kappa shape index (κ1) is 16.6. The molecule has 0 N–H and O–H groups in total. The van der Waals surface area contributed by atoms with E-state index in [1.807, 2.05) is 23.7 Å². The Morgan fingerprint density at radius 3 is 2.81 bits per heavy atom. The lowest BCUT2D eigenvalue weighted by Gasteiger charge is -2.00. The molecule has 0 aliphatic rings. The average Bonchev–Trinajstić information content (AvgIpc) is 3.18. The molecule has 0 unspecified atom stereocenters. The van der Waals surface area contributed by atoms with Gasteiger partial charge >= 0.3 is 5.91 Å². The van der Waals surface area contributed by atoms with Crippen molar-refractivity contribution in [2.45, 2.75) is 13.8 Å². The topological polar surface area (TPSA) is 56.7 Å². The number of benzene rings is 2. The molecular weight excluding hydrogens is 348 g/mol. The summed E-state index contributed by atoms with van der Waals surface area (Å²) < 4.78 is 14.1. The number of aromatic nitrogens is 1. The second-order valence-corrected chi connectivity index (χ2v) is 7.26. The highest BCUT2D eigenvalue weighted by atomic mass is 32.1. The van der Waals surface area contributed by atoms with Crippen LogP contribution in [0.15, 0.2) is 45.8 Å². The largest absolute Gasteiger partial charge is 0.493 e. The maximum absolute atomic E-state index is 12.7. The predicted octanol–water partition coefficient (Wildman–Crippen LogP) is 4.35. The summed E-state index contributed by atoms with van der Waals surface area (Å²) in [6, 6.07) is 11.5. The zero-order valence-electron chi connectivity index (χ0n) is 15.0. The van der Waals surface area contributed by atoms with Gasteiger partial charge in [0.15, 0.2) is 21.9 Å². The van der Waals surface area contributed by atoms with Gasteiger partial charge < -0.3 is 13.7 Å². The van der Waals surface area contributed by atoms with E-state index >= 15 is 0 Å². The van der Waals surface area contributed by atoms with Crippen molar-refractivity contribution in [1.82, 2.24) is 4.57 Å². The number of hydrogen-bond donors (Lipinski definition) is 0. The van der Waals surface area contributed by atoms with Crippen LogP contribution >= 0.6 is 11.3 Å². The lowest BCUT2D eigenvalue weighted by Crippen LogP contribution is -2.13. The Morgan fingerprint density at radius 2 is 2.04 bits per heavy atom. The maximum Gasteiger partial charge on any atom is 0.315 e. The summed E-state index contributed by atoms with van der Waals surface area (Å²) in [7, 11) is 3.50. The van der Waals surface area contributed by atoms with Gasteiger partial charge in [-0.05, 0) is 43.2 Å². The van der Waals surface area contributed by atoms with E-state index in [1.165, 1.54) is 22.5 Å². The highest BCUT2D eigenvalue weighted by Crippen LogP contribution is 2.29. The van der Waals surface area contributed by atoms with Gasteiger partial charge in [0.25, 0.3) is 0 Å². The van der Waals surface area contributed by atoms with E-state index in [9.17, 15) is 4.79 Å². The number of nitrogens with zero attached hydrogens (tertiary/aromatic N) is 2. The number of para-hydroxylation sites is 1. The minimum Gasteiger partial charge on any atom is -0.493 e. The Hall–Kier alpha value is -2.86. The van der Waals surface area contributed by atoms with E-state index in [-0.39, 0.29) is 5.76 Å². The molecule has 26 heavy (non-hydrogen) atoms.